The van der Waals surface area contributed by atoms with Crippen molar-refractivity contribution in [2.45, 2.75) is 50.0 Å². The molecule has 5 rings (SSSR count). The molecule has 32 heavy (non-hydrogen) atoms. The highest BCUT2D eigenvalue weighted by Gasteiger charge is 2.51. The molecule has 4 heterocycles. The second-order valence-corrected chi connectivity index (χ2v) is 8.65. The van der Waals surface area contributed by atoms with E-state index in [0.29, 0.717) is 23.2 Å². The van der Waals surface area contributed by atoms with Crippen molar-refractivity contribution in [2.24, 2.45) is 7.05 Å². The van der Waals surface area contributed by atoms with Crippen molar-refractivity contribution >= 4 is 0 Å². The summed E-state index contributed by atoms with van der Waals surface area (Å²) >= 11 is 0. The van der Waals surface area contributed by atoms with E-state index in [1.807, 2.05) is 6.92 Å². The number of aromatic hydroxyl groups is 1. The maximum atomic E-state index is 14.9. The largest absolute Gasteiger partial charge is 0.507 e. The summed E-state index contributed by atoms with van der Waals surface area (Å²) in [6, 6.07) is 8.35. The molecule has 10 heteroatoms. The molecule has 2 aliphatic heterocycles. The minimum absolute atomic E-state index is 0.0542. The van der Waals surface area contributed by atoms with Gasteiger partial charge in [0.1, 0.15) is 18.2 Å². The summed E-state index contributed by atoms with van der Waals surface area (Å²) in [6.45, 7) is 1.90. The van der Waals surface area contributed by atoms with Gasteiger partial charge in [0.05, 0.1) is 11.2 Å². The monoisotopic (exact) mass is 438 g/mol. The van der Waals surface area contributed by atoms with Crippen LogP contribution in [0.25, 0.3) is 22.6 Å². The molecule has 0 radical (unpaired) electrons. The minimum atomic E-state index is -1.13. The van der Waals surface area contributed by atoms with Crippen LogP contribution in [0, 0.1) is 0 Å². The minimum Gasteiger partial charge on any atom is -0.507 e. The van der Waals surface area contributed by atoms with E-state index >= 15 is 0 Å². The van der Waals surface area contributed by atoms with Crippen LogP contribution in [0.5, 0.6) is 11.6 Å². The van der Waals surface area contributed by atoms with E-state index in [-0.39, 0.29) is 23.5 Å². The quantitative estimate of drug-likeness (QED) is 0.636. The number of piperidine rings is 1. The zero-order valence-corrected chi connectivity index (χ0v) is 17.7. The van der Waals surface area contributed by atoms with Crippen molar-refractivity contribution in [1.82, 2.24) is 30.0 Å². The van der Waals surface area contributed by atoms with Crippen LogP contribution < -0.4 is 15.7 Å². The van der Waals surface area contributed by atoms with Crippen LogP contribution in [-0.2, 0) is 7.05 Å². The van der Waals surface area contributed by atoms with Crippen LogP contribution in [0.15, 0.2) is 41.5 Å². The third kappa shape index (κ3) is 3.60. The average Bonchev–Trinajstić information content (AvgIpc) is 3.12. The number of phenols is 1. The molecule has 4 atom stereocenters. The van der Waals surface area contributed by atoms with Crippen molar-refractivity contribution < 1.29 is 14.2 Å². The Bertz CT molecular complexity index is 1220. The van der Waals surface area contributed by atoms with Gasteiger partial charge < -0.3 is 15.2 Å². The van der Waals surface area contributed by atoms with E-state index in [1.54, 1.807) is 31.3 Å². The molecule has 0 saturated carbocycles. The van der Waals surface area contributed by atoms with Gasteiger partial charge in [-0.15, -0.1) is 10.2 Å². The molecule has 2 aromatic heterocycles. The molecule has 1 aromatic carbocycles. The highest BCUT2D eigenvalue weighted by Crippen LogP contribution is 2.39. The fourth-order valence-corrected chi connectivity index (χ4v) is 4.49. The average molecular weight is 438 g/mol. The summed E-state index contributed by atoms with van der Waals surface area (Å²) in [5.74, 6) is 0.410. The number of phenolic OH excluding ortho intramolecular Hbond substituents is 1. The molecule has 3 aromatic rings. The molecule has 9 nitrogen and oxygen atoms in total. The number of aryl methyl sites for hydroxylation is 1. The third-order valence-corrected chi connectivity index (χ3v) is 6.30. The molecule has 2 saturated heterocycles. The van der Waals surface area contributed by atoms with Crippen LogP contribution in [0.3, 0.4) is 0 Å². The lowest BCUT2D eigenvalue weighted by Gasteiger charge is -2.39. The van der Waals surface area contributed by atoms with Gasteiger partial charge in [0.2, 0.25) is 5.88 Å². The van der Waals surface area contributed by atoms with Gasteiger partial charge in [-0.05, 0) is 38.0 Å². The van der Waals surface area contributed by atoms with Crippen LogP contribution in [0.2, 0.25) is 0 Å². The number of nitrogens with one attached hydrogen (secondary N) is 1. The maximum absolute atomic E-state index is 14.9. The number of hydrogen-bond donors (Lipinski definition) is 2. The lowest BCUT2D eigenvalue weighted by Crippen LogP contribution is -2.59. The Morgan fingerprint density at radius 2 is 2.12 bits per heavy atom. The summed E-state index contributed by atoms with van der Waals surface area (Å²) < 4.78 is 22.0. The van der Waals surface area contributed by atoms with Gasteiger partial charge in [-0.25, -0.2) is 14.2 Å². The summed E-state index contributed by atoms with van der Waals surface area (Å²) in [7, 11) is 1.56. The van der Waals surface area contributed by atoms with Gasteiger partial charge in [-0.1, -0.05) is 6.07 Å². The van der Waals surface area contributed by atoms with Gasteiger partial charge in [0, 0.05) is 36.7 Å². The number of ether oxygens (including phenoxy) is 1. The van der Waals surface area contributed by atoms with E-state index < -0.39 is 23.5 Å². The van der Waals surface area contributed by atoms with Gasteiger partial charge in [0.25, 0.3) is 0 Å². The van der Waals surface area contributed by atoms with Crippen molar-refractivity contribution in [3.05, 3.63) is 47.1 Å². The van der Waals surface area contributed by atoms with E-state index in [1.165, 1.54) is 17.0 Å². The van der Waals surface area contributed by atoms with Crippen LogP contribution in [-0.4, -0.2) is 53.7 Å². The first kappa shape index (κ1) is 20.5. The molecule has 1 unspecified atom stereocenters. The molecular weight excluding hydrogens is 415 g/mol. The number of halogens is 1. The Hall–Kier alpha value is -3.40. The van der Waals surface area contributed by atoms with Crippen molar-refractivity contribution in [3.63, 3.8) is 0 Å². The lowest BCUT2D eigenvalue weighted by molar-refractivity contribution is 0.00813. The highest BCUT2D eigenvalue weighted by molar-refractivity contribution is 5.71. The lowest BCUT2D eigenvalue weighted by atomic mass is 9.88. The predicted molar refractivity (Wildman–Crippen MR) is 114 cm³/mol. The van der Waals surface area contributed by atoms with Crippen molar-refractivity contribution in [2.75, 3.05) is 0 Å². The van der Waals surface area contributed by atoms with Crippen LogP contribution in [0.4, 0.5) is 4.39 Å². The van der Waals surface area contributed by atoms with Crippen molar-refractivity contribution in [3.8, 4) is 34.3 Å². The second-order valence-electron chi connectivity index (χ2n) is 8.65. The van der Waals surface area contributed by atoms with E-state index in [2.05, 4.69) is 25.5 Å². The first-order chi connectivity index (χ1) is 15.3. The summed E-state index contributed by atoms with van der Waals surface area (Å²) in [6.07, 6.45) is 2.00. The molecule has 0 aliphatic carbocycles. The van der Waals surface area contributed by atoms with Crippen molar-refractivity contribution in [1.29, 1.82) is 0 Å². The zero-order chi connectivity index (χ0) is 22.5. The van der Waals surface area contributed by atoms with Crippen LogP contribution in [0.1, 0.15) is 26.2 Å². The summed E-state index contributed by atoms with van der Waals surface area (Å²) in [5, 5.41) is 22.1. The number of nitrogens with zero attached hydrogens (tertiary/aromatic N) is 5. The predicted octanol–water partition coefficient (Wildman–Crippen LogP) is 2.00. The van der Waals surface area contributed by atoms with Gasteiger partial charge >= 0.3 is 5.69 Å². The molecule has 2 aliphatic rings. The number of benzene rings is 1. The van der Waals surface area contributed by atoms with Gasteiger partial charge in [0.15, 0.2) is 12.0 Å². The number of aromatic nitrogens is 5. The summed E-state index contributed by atoms with van der Waals surface area (Å²) in [5.41, 5.74) is 0.389. The summed E-state index contributed by atoms with van der Waals surface area (Å²) in [4.78, 5) is 19.7. The zero-order valence-electron chi connectivity index (χ0n) is 17.7. The molecule has 2 fully saturated rings. The molecule has 2 bridgehead atoms. The molecule has 166 valence electrons. The first-order valence-corrected chi connectivity index (χ1v) is 10.5. The van der Waals surface area contributed by atoms with E-state index in [4.69, 9.17) is 4.74 Å². The Balaban J connectivity index is 1.34. The molecule has 2 N–H and O–H groups in total. The van der Waals surface area contributed by atoms with E-state index in [9.17, 15) is 14.3 Å². The number of fused-ring (bicyclic) bond motifs is 2. The Labute approximate surface area is 183 Å². The standard InChI is InChI=1S/C22H23FN6O3/c1-22-8-7-13(26-22)10-17(19(22)23)32-18-6-5-15(27-28-18)14-4-3-12(9-16(14)30)20-24-11-29(2)21(31)25-20/h3-6,9,11,13,17,19,26,30H,7-8,10H2,1-2H3/t13?,17-,19-,22+/m1/s1. The molecule has 0 amide bonds. The molecule has 0 spiro atoms. The third-order valence-electron chi connectivity index (χ3n) is 6.30. The Kier molecular flexibility index (Phi) is 4.89. The number of alkyl halides is 1. The Morgan fingerprint density at radius 3 is 2.84 bits per heavy atom. The smallest absolute Gasteiger partial charge is 0.350 e. The number of hydrogen-bond acceptors (Lipinski definition) is 8. The van der Waals surface area contributed by atoms with Gasteiger partial charge in [-0.2, -0.15) is 4.98 Å². The van der Waals surface area contributed by atoms with E-state index in [0.717, 1.165) is 12.8 Å². The van der Waals surface area contributed by atoms with Crippen LogP contribution >= 0.6 is 0 Å². The maximum Gasteiger partial charge on any atom is 0.350 e. The SMILES string of the molecule is Cn1cnc(-c2ccc(-c3ccc(O[C@@H]4CC5CC[C@](C)(N5)[C@@H]4F)nn3)c(O)c2)nc1=O. The first-order valence-electron chi connectivity index (χ1n) is 10.5. The number of rotatable bonds is 4. The van der Waals surface area contributed by atoms with Gasteiger partial charge in [-0.3, -0.25) is 4.57 Å². The Morgan fingerprint density at radius 1 is 1.28 bits per heavy atom. The topological polar surface area (TPSA) is 115 Å². The fourth-order valence-electron chi connectivity index (χ4n) is 4.49. The molecular formula is C22H23FN6O3. The highest BCUT2D eigenvalue weighted by atomic mass is 19.1. The second kappa shape index (κ2) is 7.63. The fraction of sp³-hybridized carbons (Fsp3) is 0.409. The normalized spacial score (nSPS) is 26.8.